The SMILES string of the molecule is O=C(COc1ccc(Cl)c(Cl)c1)Nc1ccc(F)cc1F. The summed E-state index contributed by atoms with van der Waals surface area (Å²) in [5.74, 6) is -1.83. The lowest BCUT2D eigenvalue weighted by molar-refractivity contribution is -0.118. The molecule has 2 rings (SSSR count). The number of amides is 1. The molecule has 0 saturated carbocycles. The molecule has 0 aliphatic rings. The van der Waals surface area contributed by atoms with Gasteiger partial charge in [0.05, 0.1) is 15.7 Å². The van der Waals surface area contributed by atoms with Gasteiger partial charge in [0.1, 0.15) is 17.4 Å². The van der Waals surface area contributed by atoms with Gasteiger partial charge in [-0.25, -0.2) is 8.78 Å². The summed E-state index contributed by atoms with van der Waals surface area (Å²) in [5.41, 5.74) is -0.126. The van der Waals surface area contributed by atoms with E-state index in [0.29, 0.717) is 21.9 Å². The molecule has 1 amide bonds. The van der Waals surface area contributed by atoms with Crippen molar-refractivity contribution in [1.29, 1.82) is 0 Å². The summed E-state index contributed by atoms with van der Waals surface area (Å²) < 4.78 is 31.3. The van der Waals surface area contributed by atoms with Crippen LogP contribution in [0.5, 0.6) is 5.75 Å². The third-order valence-corrected chi connectivity index (χ3v) is 3.21. The molecule has 0 aromatic heterocycles. The van der Waals surface area contributed by atoms with E-state index in [2.05, 4.69) is 5.32 Å². The predicted octanol–water partition coefficient (Wildman–Crippen LogP) is 4.29. The van der Waals surface area contributed by atoms with Crippen molar-refractivity contribution in [2.24, 2.45) is 0 Å². The van der Waals surface area contributed by atoms with Crippen LogP contribution in [0.2, 0.25) is 10.0 Å². The van der Waals surface area contributed by atoms with Crippen molar-refractivity contribution in [1.82, 2.24) is 0 Å². The van der Waals surface area contributed by atoms with Crippen molar-refractivity contribution < 1.29 is 18.3 Å². The van der Waals surface area contributed by atoms with Crippen LogP contribution in [0.3, 0.4) is 0 Å². The maximum atomic E-state index is 13.3. The number of benzene rings is 2. The van der Waals surface area contributed by atoms with Gasteiger partial charge in [0.2, 0.25) is 0 Å². The van der Waals surface area contributed by atoms with Gasteiger partial charge in [-0.05, 0) is 24.3 Å². The second-order valence-corrected chi connectivity index (χ2v) is 4.85. The molecule has 0 unspecified atom stereocenters. The van der Waals surface area contributed by atoms with Crippen molar-refractivity contribution in [3.8, 4) is 5.75 Å². The zero-order valence-electron chi connectivity index (χ0n) is 10.5. The Morgan fingerprint density at radius 1 is 1.10 bits per heavy atom. The second kappa shape index (κ2) is 6.74. The first kappa shape index (κ1) is 15.5. The molecule has 7 heteroatoms. The summed E-state index contributed by atoms with van der Waals surface area (Å²) >= 11 is 11.5. The van der Waals surface area contributed by atoms with Gasteiger partial charge in [0.15, 0.2) is 6.61 Å². The first-order valence-corrected chi connectivity index (χ1v) is 6.54. The molecular formula is C14H9Cl2F2NO2. The summed E-state index contributed by atoms with van der Waals surface area (Å²) in [6, 6.07) is 7.36. The van der Waals surface area contributed by atoms with Crippen molar-refractivity contribution in [3.05, 3.63) is 58.1 Å². The molecule has 0 aliphatic heterocycles. The molecule has 0 heterocycles. The molecule has 2 aromatic rings. The minimum atomic E-state index is -0.863. The molecule has 21 heavy (non-hydrogen) atoms. The van der Waals surface area contributed by atoms with Crippen molar-refractivity contribution >= 4 is 34.8 Å². The van der Waals surface area contributed by atoms with Crippen LogP contribution in [0.25, 0.3) is 0 Å². The van der Waals surface area contributed by atoms with Gasteiger partial charge in [-0.15, -0.1) is 0 Å². The van der Waals surface area contributed by atoms with Crippen LogP contribution < -0.4 is 10.1 Å². The predicted molar refractivity (Wildman–Crippen MR) is 76.9 cm³/mol. The number of nitrogens with one attached hydrogen (secondary N) is 1. The molecule has 3 nitrogen and oxygen atoms in total. The number of rotatable bonds is 4. The fourth-order valence-corrected chi connectivity index (χ4v) is 1.78. The largest absolute Gasteiger partial charge is 0.484 e. The van der Waals surface area contributed by atoms with Crippen molar-refractivity contribution in [3.63, 3.8) is 0 Å². The molecule has 2 aromatic carbocycles. The minimum absolute atomic E-state index is 0.126. The number of ether oxygens (including phenoxy) is 1. The summed E-state index contributed by atoms with van der Waals surface area (Å²) in [7, 11) is 0. The fraction of sp³-hybridized carbons (Fsp3) is 0.0714. The molecule has 1 N–H and O–H groups in total. The number of halogens is 4. The summed E-state index contributed by atoms with van der Waals surface area (Å²) in [5, 5.41) is 2.92. The first-order chi connectivity index (χ1) is 9.95. The molecule has 0 atom stereocenters. The lowest BCUT2D eigenvalue weighted by atomic mass is 10.3. The molecule has 0 spiro atoms. The molecular weight excluding hydrogens is 323 g/mol. The highest BCUT2D eigenvalue weighted by atomic mass is 35.5. The number of hydrogen-bond acceptors (Lipinski definition) is 2. The molecule has 0 radical (unpaired) electrons. The fourth-order valence-electron chi connectivity index (χ4n) is 1.49. The van der Waals surface area contributed by atoms with E-state index in [0.717, 1.165) is 12.1 Å². The van der Waals surface area contributed by atoms with Gasteiger partial charge in [0.25, 0.3) is 5.91 Å². The average Bonchev–Trinajstić information content (AvgIpc) is 2.43. The van der Waals surface area contributed by atoms with Crippen LogP contribution >= 0.6 is 23.2 Å². The molecule has 0 aliphatic carbocycles. The maximum Gasteiger partial charge on any atom is 0.262 e. The maximum absolute atomic E-state index is 13.3. The standard InChI is InChI=1S/C14H9Cl2F2NO2/c15-10-3-2-9(6-11(10)16)21-7-14(20)19-13-4-1-8(17)5-12(13)18/h1-6H,7H2,(H,19,20). The average molecular weight is 332 g/mol. The smallest absolute Gasteiger partial charge is 0.262 e. The van der Waals surface area contributed by atoms with Gasteiger partial charge in [-0.1, -0.05) is 23.2 Å². The number of carbonyl (C=O) groups is 1. The van der Waals surface area contributed by atoms with Gasteiger partial charge in [0, 0.05) is 12.1 Å². The van der Waals surface area contributed by atoms with E-state index in [-0.39, 0.29) is 12.3 Å². The van der Waals surface area contributed by atoms with Crippen LogP contribution in [-0.4, -0.2) is 12.5 Å². The Hall–Kier alpha value is -1.85. The normalized spacial score (nSPS) is 10.3. The van der Waals surface area contributed by atoms with E-state index in [1.165, 1.54) is 12.1 Å². The topological polar surface area (TPSA) is 38.3 Å². The van der Waals surface area contributed by atoms with Gasteiger partial charge < -0.3 is 10.1 Å². The molecule has 0 bridgehead atoms. The highest BCUT2D eigenvalue weighted by molar-refractivity contribution is 6.42. The Labute approximate surface area is 129 Å². The van der Waals surface area contributed by atoms with Gasteiger partial charge in [-0.2, -0.15) is 0 Å². The molecule has 0 saturated heterocycles. The van der Waals surface area contributed by atoms with Gasteiger partial charge >= 0.3 is 0 Å². The van der Waals surface area contributed by atoms with E-state index >= 15 is 0 Å². The highest BCUT2D eigenvalue weighted by Gasteiger charge is 2.09. The van der Waals surface area contributed by atoms with Crippen LogP contribution in [0.4, 0.5) is 14.5 Å². The highest BCUT2D eigenvalue weighted by Crippen LogP contribution is 2.26. The number of anilines is 1. The Balaban J connectivity index is 1.94. The van der Waals surface area contributed by atoms with Gasteiger partial charge in [-0.3, -0.25) is 4.79 Å². The van der Waals surface area contributed by atoms with E-state index in [1.807, 2.05) is 0 Å². The second-order valence-electron chi connectivity index (χ2n) is 4.04. The summed E-state index contributed by atoms with van der Waals surface area (Å²) in [4.78, 5) is 11.6. The minimum Gasteiger partial charge on any atom is -0.484 e. The van der Waals surface area contributed by atoms with E-state index < -0.39 is 17.5 Å². The number of carbonyl (C=O) groups excluding carboxylic acids is 1. The monoisotopic (exact) mass is 331 g/mol. The molecule has 110 valence electrons. The van der Waals surface area contributed by atoms with Crippen LogP contribution in [0.15, 0.2) is 36.4 Å². The Morgan fingerprint density at radius 2 is 1.86 bits per heavy atom. The van der Waals surface area contributed by atoms with Crippen molar-refractivity contribution in [2.45, 2.75) is 0 Å². The third kappa shape index (κ3) is 4.31. The lowest BCUT2D eigenvalue weighted by Gasteiger charge is -2.09. The lowest BCUT2D eigenvalue weighted by Crippen LogP contribution is -2.20. The molecule has 0 fully saturated rings. The Morgan fingerprint density at radius 3 is 2.52 bits per heavy atom. The Bertz CT molecular complexity index is 680. The summed E-state index contributed by atoms with van der Waals surface area (Å²) in [6.07, 6.45) is 0. The first-order valence-electron chi connectivity index (χ1n) is 5.78. The zero-order chi connectivity index (χ0) is 15.4. The van der Waals surface area contributed by atoms with Crippen LogP contribution in [0, 0.1) is 11.6 Å². The summed E-state index contributed by atoms with van der Waals surface area (Å²) in [6.45, 7) is -0.352. The number of hydrogen-bond donors (Lipinski definition) is 1. The quantitative estimate of drug-likeness (QED) is 0.907. The third-order valence-electron chi connectivity index (χ3n) is 2.47. The Kier molecular flexibility index (Phi) is 4.98. The van der Waals surface area contributed by atoms with E-state index in [9.17, 15) is 13.6 Å². The zero-order valence-corrected chi connectivity index (χ0v) is 12.0. The van der Waals surface area contributed by atoms with Crippen molar-refractivity contribution in [2.75, 3.05) is 11.9 Å². The van der Waals surface area contributed by atoms with E-state index in [4.69, 9.17) is 27.9 Å². The van der Waals surface area contributed by atoms with Crippen LogP contribution in [0.1, 0.15) is 0 Å². The van der Waals surface area contributed by atoms with E-state index in [1.54, 1.807) is 6.07 Å². The van der Waals surface area contributed by atoms with Crippen LogP contribution in [-0.2, 0) is 4.79 Å².